The number of rotatable bonds is 6. The lowest BCUT2D eigenvalue weighted by atomic mass is 10.2. The van der Waals surface area contributed by atoms with Crippen LogP contribution in [0.3, 0.4) is 0 Å². The molecule has 2 amide bonds. The third kappa shape index (κ3) is 4.49. The number of anilines is 1. The van der Waals surface area contributed by atoms with Crippen molar-refractivity contribution in [2.24, 2.45) is 0 Å². The monoisotopic (exact) mass is 334 g/mol. The number of benzene rings is 1. The molecule has 7 nitrogen and oxygen atoms in total. The van der Waals surface area contributed by atoms with Gasteiger partial charge in [-0.05, 0) is 18.6 Å². The lowest BCUT2D eigenvalue weighted by molar-refractivity contribution is -0.130. The van der Waals surface area contributed by atoms with Crippen LogP contribution < -0.4 is 10.1 Å². The summed E-state index contributed by atoms with van der Waals surface area (Å²) in [5, 5.41) is 11.8. The van der Waals surface area contributed by atoms with Gasteiger partial charge in [0.1, 0.15) is 10.8 Å². The van der Waals surface area contributed by atoms with Gasteiger partial charge in [-0.2, -0.15) is 0 Å². The fourth-order valence-electron chi connectivity index (χ4n) is 1.66. The molecule has 0 bridgehead atoms. The zero-order chi connectivity index (χ0) is 16.8. The highest BCUT2D eigenvalue weighted by molar-refractivity contribution is 7.15. The molecule has 0 aliphatic heterocycles. The van der Waals surface area contributed by atoms with E-state index in [2.05, 4.69) is 15.5 Å². The van der Waals surface area contributed by atoms with Crippen LogP contribution in [-0.2, 0) is 11.2 Å². The number of carbonyl (C=O) groups excluding carboxylic acids is 2. The van der Waals surface area contributed by atoms with E-state index in [4.69, 9.17) is 4.74 Å². The second-order valence-electron chi connectivity index (χ2n) is 4.88. The number of aromatic nitrogens is 2. The molecular formula is C15H18N4O3S. The Morgan fingerprint density at radius 2 is 2.00 bits per heavy atom. The number of nitrogens with zero attached hydrogens (tertiary/aromatic N) is 3. The largest absolute Gasteiger partial charge is 0.483 e. The fraction of sp³-hybridized carbons (Fsp3) is 0.333. The molecule has 0 saturated carbocycles. The molecule has 0 saturated heterocycles. The van der Waals surface area contributed by atoms with Crippen molar-refractivity contribution in [2.75, 3.05) is 26.0 Å². The van der Waals surface area contributed by atoms with E-state index >= 15 is 0 Å². The van der Waals surface area contributed by atoms with Gasteiger partial charge in [0.05, 0.1) is 5.56 Å². The molecule has 0 radical (unpaired) electrons. The summed E-state index contributed by atoms with van der Waals surface area (Å²) in [5.74, 6) is -0.186. The molecule has 0 unspecified atom stereocenters. The van der Waals surface area contributed by atoms with E-state index in [1.54, 1.807) is 38.4 Å². The second kappa shape index (κ2) is 7.68. The van der Waals surface area contributed by atoms with Crippen molar-refractivity contribution in [3.8, 4) is 5.75 Å². The molecule has 1 aromatic heterocycles. The summed E-state index contributed by atoms with van der Waals surface area (Å²) in [7, 11) is 3.29. The predicted molar refractivity (Wildman–Crippen MR) is 87.9 cm³/mol. The van der Waals surface area contributed by atoms with E-state index in [1.807, 2.05) is 6.92 Å². The summed E-state index contributed by atoms with van der Waals surface area (Å²) in [4.78, 5) is 25.4. The number of carbonyl (C=O) groups is 2. The Balaban J connectivity index is 2.09. The van der Waals surface area contributed by atoms with Gasteiger partial charge in [0.15, 0.2) is 6.61 Å². The fourth-order valence-corrected chi connectivity index (χ4v) is 2.33. The maximum atomic E-state index is 12.4. The number of para-hydroxylation sites is 1. The van der Waals surface area contributed by atoms with Crippen LogP contribution in [0.2, 0.25) is 0 Å². The minimum atomic E-state index is -0.350. The Hall–Kier alpha value is -2.48. The topological polar surface area (TPSA) is 84.4 Å². The average molecular weight is 334 g/mol. The average Bonchev–Trinajstić information content (AvgIpc) is 3.00. The number of aryl methyl sites for hydroxylation is 1. The molecule has 1 aromatic carbocycles. The first-order valence-electron chi connectivity index (χ1n) is 7.07. The van der Waals surface area contributed by atoms with Gasteiger partial charge in [-0.15, -0.1) is 10.2 Å². The SMILES string of the molecule is CCc1nnc(NC(=O)c2ccccc2OCC(=O)N(C)C)s1. The van der Waals surface area contributed by atoms with Gasteiger partial charge in [0.2, 0.25) is 5.13 Å². The summed E-state index contributed by atoms with van der Waals surface area (Å²) >= 11 is 1.33. The van der Waals surface area contributed by atoms with Gasteiger partial charge in [0, 0.05) is 14.1 Å². The van der Waals surface area contributed by atoms with E-state index in [9.17, 15) is 9.59 Å². The molecule has 1 heterocycles. The van der Waals surface area contributed by atoms with Crippen LogP contribution in [0, 0.1) is 0 Å². The minimum absolute atomic E-state index is 0.129. The number of hydrogen-bond donors (Lipinski definition) is 1. The normalized spacial score (nSPS) is 10.2. The maximum absolute atomic E-state index is 12.4. The first kappa shape index (κ1) is 16.9. The van der Waals surface area contributed by atoms with Crippen LogP contribution in [-0.4, -0.2) is 47.6 Å². The second-order valence-corrected chi connectivity index (χ2v) is 5.94. The smallest absolute Gasteiger partial charge is 0.261 e. The molecule has 122 valence electrons. The number of amides is 2. The highest BCUT2D eigenvalue weighted by Crippen LogP contribution is 2.21. The van der Waals surface area contributed by atoms with Gasteiger partial charge < -0.3 is 9.64 Å². The molecule has 8 heteroatoms. The van der Waals surface area contributed by atoms with Crippen molar-refractivity contribution in [2.45, 2.75) is 13.3 Å². The van der Waals surface area contributed by atoms with Crippen LogP contribution in [0.1, 0.15) is 22.3 Å². The lowest BCUT2D eigenvalue weighted by Gasteiger charge is -2.13. The predicted octanol–water partition coefficient (Wildman–Crippen LogP) is 1.82. The highest BCUT2D eigenvalue weighted by atomic mass is 32.1. The van der Waals surface area contributed by atoms with E-state index in [1.165, 1.54) is 16.2 Å². The molecular weight excluding hydrogens is 316 g/mol. The van der Waals surface area contributed by atoms with E-state index in [0.717, 1.165) is 11.4 Å². The van der Waals surface area contributed by atoms with E-state index < -0.39 is 0 Å². The molecule has 0 aliphatic carbocycles. The number of nitrogens with one attached hydrogen (secondary N) is 1. The van der Waals surface area contributed by atoms with Crippen LogP contribution in [0.5, 0.6) is 5.75 Å². The lowest BCUT2D eigenvalue weighted by Crippen LogP contribution is -2.28. The van der Waals surface area contributed by atoms with Crippen molar-refractivity contribution in [1.82, 2.24) is 15.1 Å². The maximum Gasteiger partial charge on any atom is 0.261 e. The van der Waals surface area contributed by atoms with Crippen LogP contribution in [0.25, 0.3) is 0 Å². The molecule has 0 atom stereocenters. The number of hydrogen-bond acceptors (Lipinski definition) is 6. The zero-order valence-corrected chi connectivity index (χ0v) is 14.0. The summed E-state index contributed by atoms with van der Waals surface area (Å²) in [6.07, 6.45) is 0.764. The number of ether oxygens (including phenoxy) is 1. The van der Waals surface area contributed by atoms with Crippen molar-refractivity contribution in [3.05, 3.63) is 34.8 Å². The standard InChI is InChI=1S/C15H18N4O3S/c1-4-12-17-18-15(23-12)16-14(21)10-7-5-6-8-11(10)22-9-13(20)19(2)3/h5-8H,4,9H2,1-3H3,(H,16,18,21). The van der Waals surface area contributed by atoms with Gasteiger partial charge in [-0.25, -0.2) is 0 Å². The molecule has 2 rings (SSSR count). The molecule has 1 N–H and O–H groups in total. The highest BCUT2D eigenvalue weighted by Gasteiger charge is 2.15. The Morgan fingerprint density at radius 3 is 2.65 bits per heavy atom. The first-order valence-corrected chi connectivity index (χ1v) is 7.88. The Morgan fingerprint density at radius 1 is 1.26 bits per heavy atom. The molecule has 0 fully saturated rings. The molecule has 23 heavy (non-hydrogen) atoms. The van der Waals surface area contributed by atoms with Crippen LogP contribution in [0.4, 0.5) is 5.13 Å². The van der Waals surface area contributed by atoms with Crippen molar-refractivity contribution in [1.29, 1.82) is 0 Å². The van der Waals surface area contributed by atoms with Gasteiger partial charge >= 0.3 is 0 Å². The summed E-state index contributed by atoms with van der Waals surface area (Å²) in [5.41, 5.74) is 0.340. The van der Waals surface area contributed by atoms with Crippen LogP contribution in [0.15, 0.2) is 24.3 Å². The van der Waals surface area contributed by atoms with Gasteiger partial charge in [-0.1, -0.05) is 30.4 Å². The van der Waals surface area contributed by atoms with Crippen LogP contribution >= 0.6 is 11.3 Å². The molecule has 0 spiro atoms. The van der Waals surface area contributed by atoms with Gasteiger partial charge in [-0.3, -0.25) is 14.9 Å². The summed E-state index contributed by atoms with van der Waals surface area (Å²) < 4.78 is 5.46. The summed E-state index contributed by atoms with van der Waals surface area (Å²) in [6.45, 7) is 1.84. The quantitative estimate of drug-likeness (QED) is 0.871. The van der Waals surface area contributed by atoms with Crippen molar-refractivity contribution >= 4 is 28.3 Å². The minimum Gasteiger partial charge on any atom is -0.483 e. The Labute approximate surface area is 138 Å². The number of likely N-dealkylation sites (N-methyl/N-ethyl adjacent to an activating group) is 1. The van der Waals surface area contributed by atoms with Gasteiger partial charge in [0.25, 0.3) is 11.8 Å². The third-order valence-corrected chi connectivity index (χ3v) is 3.95. The van der Waals surface area contributed by atoms with E-state index in [0.29, 0.717) is 16.4 Å². The molecule has 2 aromatic rings. The Kier molecular flexibility index (Phi) is 5.64. The van der Waals surface area contributed by atoms with Crippen molar-refractivity contribution in [3.63, 3.8) is 0 Å². The summed E-state index contributed by atoms with van der Waals surface area (Å²) in [6, 6.07) is 6.75. The zero-order valence-electron chi connectivity index (χ0n) is 13.2. The molecule has 0 aliphatic rings. The Bertz CT molecular complexity index is 700. The van der Waals surface area contributed by atoms with E-state index in [-0.39, 0.29) is 18.4 Å². The first-order chi connectivity index (χ1) is 11.0. The van der Waals surface area contributed by atoms with Crippen molar-refractivity contribution < 1.29 is 14.3 Å². The third-order valence-electron chi connectivity index (χ3n) is 2.97.